The first-order valence-electron chi connectivity index (χ1n) is 6.09. The number of hydrogen-bond acceptors (Lipinski definition) is 1. The molecule has 88 valence electrons. The second-order valence-corrected chi connectivity index (χ2v) is 8.78. The summed E-state index contributed by atoms with van der Waals surface area (Å²) in [5.74, 6) is 1.24. The molecule has 0 atom stereocenters. The fraction of sp³-hybridized carbons (Fsp3) is 0.571. The van der Waals surface area contributed by atoms with E-state index < -0.39 is 7.14 Å². The van der Waals surface area contributed by atoms with Crippen molar-refractivity contribution in [3.05, 3.63) is 29.3 Å². The molecule has 0 amide bonds. The first-order valence-corrected chi connectivity index (χ1v) is 8.69. The van der Waals surface area contributed by atoms with Crippen molar-refractivity contribution in [2.75, 3.05) is 13.3 Å². The van der Waals surface area contributed by atoms with Gasteiger partial charge in [-0.05, 0) is 49.1 Å². The highest BCUT2D eigenvalue weighted by atomic mass is 31.2. The molecule has 1 nitrogen and oxygen atoms in total. The maximum atomic E-state index is 12.2. The minimum atomic E-state index is -2.14. The van der Waals surface area contributed by atoms with Crippen molar-refractivity contribution in [2.45, 2.75) is 38.5 Å². The van der Waals surface area contributed by atoms with Crippen LogP contribution >= 0.6 is 7.14 Å². The Bertz CT molecular complexity index is 438. The van der Waals surface area contributed by atoms with Crippen LogP contribution in [0.25, 0.3) is 0 Å². The van der Waals surface area contributed by atoms with Crippen LogP contribution < -0.4 is 5.30 Å². The summed E-state index contributed by atoms with van der Waals surface area (Å²) in [7, 11) is -2.14. The van der Waals surface area contributed by atoms with Crippen LogP contribution in [0.4, 0.5) is 0 Å². The molecule has 0 spiro atoms. The highest BCUT2D eigenvalue weighted by molar-refractivity contribution is 7.70. The van der Waals surface area contributed by atoms with E-state index >= 15 is 0 Å². The van der Waals surface area contributed by atoms with Crippen LogP contribution in [0.5, 0.6) is 0 Å². The molecule has 1 saturated carbocycles. The molecule has 1 aromatic rings. The van der Waals surface area contributed by atoms with E-state index in [-0.39, 0.29) is 0 Å². The molecule has 1 fully saturated rings. The Morgan fingerprint density at radius 1 is 1.25 bits per heavy atom. The van der Waals surface area contributed by atoms with Crippen LogP contribution in [0, 0.1) is 0 Å². The van der Waals surface area contributed by atoms with E-state index in [1.54, 1.807) is 0 Å². The van der Waals surface area contributed by atoms with Crippen molar-refractivity contribution in [1.29, 1.82) is 0 Å². The average Bonchev–Trinajstić information content (AvgIpc) is 2.98. The maximum absolute atomic E-state index is 12.2. The third-order valence-corrected chi connectivity index (χ3v) is 4.87. The Morgan fingerprint density at radius 3 is 2.31 bits per heavy atom. The van der Waals surface area contributed by atoms with E-state index in [2.05, 4.69) is 32.0 Å². The second-order valence-electron chi connectivity index (χ2n) is 5.60. The van der Waals surface area contributed by atoms with Gasteiger partial charge in [0, 0.05) is 5.30 Å². The number of benzene rings is 1. The maximum Gasteiger partial charge on any atom is 0.110 e. The monoisotopic (exact) mass is 236 g/mol. The molecule has 0 radical (unpaired) electrons. The molecule has 0 aliphatic heterocycles. The Kier molecular flexibility index (Phi) is 3.01. The van der Waals surface area contributed by atoms with Crippen molar-refractivity contribution in [3.8, 4) is 0 Å². The van der Waals surface area contributed by atoms with Crippen molar-refractivity contribution >= 4 is 12.4 Å². The van der Waals surface area contributed by atoms with E-state index in [1.165, 1.54) is 24.0 Å². The third-order valence-electron chi connectivity index (χ3n) is 3.30. The molecular weight excluding hydrogens is 215 g/mol. The normalized spacial score (nSPS) is 16.8. The van der Waals surface area contributed by atoms with Crippen molar-refractivity contribution in [3.63, 3.8) is 0 Å². The van der Waals surface area contributed by atoms with E-state index in [9.17, 15) is 4.57 Å². The summed E-state index contributed by atoms with van der Waals surface area (Å²) in [6, 6.07) is 6.57. The van der Waals surface area contributed by atoms with Crippen molar-refractivity contribution in [2.24, 2.45) is 0 Å². The zero-order valence-electron chi connectivity index (χ0n) is 10.7. The van der Waals surface area contributed by atoms with E-state index in [0.29, 0.717) is 5.92 Å². The Balaban J connectivity index is 2.49. The lowest BCUT2D eigenvalue weighted by Gasteiger charge is -2.17. The van der Waals surface area contributed by atoms with Gasteiger partial charge >= 0.3 is 0 Å². The fourth-order valence-corrected chi connectivity index (χ4v) is 3.57. The van der Waals surface area contributed by atoms with Gasteiger partial charge in [-0.15, -0.1) is 0 Å². The summed E-state index contributed by atoms with van der Waals surface area (Å²) in [5, 5.41) is 1.08. The first-order chi connectivity index (χ1) is 7.39. The summed E-state index contributed by atoms with van der Waals surface area (Å²) in [6.45, 7) is 8.10. The predicted molar refractivity (Wildman–Crippen MR) is 71.6 cm³/mol. The zero-order valence-corrected chi connectivity index (χ0v) is 11.6. The lowest BCUT2D eigenvalue weighted by atomic mass is 9.99. The molecule has 0 N–H and O–H groups in total. The third kappa shape index (κ3) is 2.40. The molecule has 0 unspecified atom stereocenters. The molecule has 2 heteroatoms. The Hall–Kier alpha value is -0.550. The smallest absolute Gasteiger partial charge is 0.110 e. The minimum Gasteiger partial charge on any atom is -0.319 e. The van der Waals surface area contributed by atoms with E-state index in [0.717, 1.165) is 11.2 Å². The molecule has 1 aromatic carbocycles. The van der Waals surface area contributed by atoms with Crippen LogP contribution in [-0.2, 0) is 4.57 Å². The summed E-state index contributed by atoms with van der Waals surface area (Å²) >= 11 is 0. The van der Waals surface area contributed by atoms with Crippen LogP contribution in [0.1, 0.15) is 49.7 Å². The van der Waals surface area contributed by atoms with Gasteiger partial charge in [-0.1, -0.05) is 32.0 Å². The van der Waals surface area contributed by atoms with Gasteiger partial charge in [0.25, 0.3) is 0 Å². The average molecular weight is 236 g/mol. The van der Waals surface area contributed by atoms with Crippen LogP contribution in [0.3, 0.4) is 0 Å². The van der Waals surface area contributed by atoms with Gasteiger partial charge in [-0.3, -0.25) is 0 Å². The van der Waals surface area contributed by atoms with Gasteiger partial charge in [0.2, 0.25) is 0 Å². The molecule has 1 aliphatic rings. The zero-order chi connectivity index (χ0) is 11.9. The van der Waals surface area contributed by atoms with Crippen LogP contribution in [0.15, 0.2) is 18.2 Å². The second kappa shape index (κ2) is 4.04. The Labute approximate surface area is 98.6 Å². The highest BCUT2D eigenvalue weighted by Gasteiger charge is 2.26. The lowest BCUT2D eigenvalue weighted by Crippen LogP contribution is -2.12. The van der Waals surface area contributed by atoms with Gasteiger partial charge in [0.15, 0.2) is 0 Å². The Morgan fingerprint density at radius 2 is 1.88 bits per heavy atom. The lowest BCUT2D eigenvalue weighted by molar-refractivity contribution is 0.588. The summed E-state index contributed by atoms with van der Waals surface area (Å²) in [5.41, 5.74) is 2.73. The number of hydrogen-bond donors (Lipinski definition) is 0. The molecule has 0 bridgehead atoms. The van der Waals surface area contributed by atoms with E-state index in [1.807, 2.05) is 13.3 Å². The molecule has 0 saturated heterocycles. The largest absolute Gasteiger partial charge is 0.319 e. The van der Waals surface area contributed by atoms with Gasteiger partial charge in [0.05, 0.1) is 0 Å². The fourth-order valence-electron chi connectivity index (χ4n) is 2.20. The topological polar surface area (TPSA) is 17.1 Å². The summed E-state index contributed by atoms with van der Waals surface area (Å²) < 4.78 is 12.2. The molecule has 1 aliphatic carbocycles. The van der Waals surface area contributed by atoms with Gasteiger partial charge in [-0.25, -0.2) is 0 Å². The van der Waals surface area contributed by atoms with Gasteiger partial charge in [0.1, 0.15) is 7.14 Å². The minimum absolute atomic E-state index is 0.460. The van der Waals surface area contributed by atoms with Gasteiger partial charge < -0.3 is 4.57 Å². The molecule has 16 heavy (non-hydrogen) atoms. The molecule has 0 aromatic heterocycles. The molecule has 0 heterocycles. The summed E-state index contributed by atoms with van der Waals surface area (Å²) in [6.07, 6.45) is 2.65. The standard InChI is InChI=1S/C14H21OP/c1-10(2)13-9-12(11-5-6-11)7-8-14(13)16(3,4)15/h7-11H,5-6H2,1-4H3. The van der Waals surface area contributed by atoms with Crippen LogP contribution in [0.2, 0.25) is 0 Å². The molecular formula is C14H21OP. The quantitative estimate of drug-likeness (QED) is 0.726. The predicted octanol–water partition coefficient (Wildman–Crippen LogP) is 3.94. The molecule has 2 rings (SSSR count). The van der Waals surface area contributed by atoms with Crippen LogP contribution in [-0.4, -0.2) is 13.3 Å². The van der Waals surface area contributed by atoms with Crippen molar-refractivity contribution in [1.82, 2.24) is 0 Å². The first kappa shape index (κ1) is 11.9. The van der Waals surface area contributed by atoms with E-state index in [4.69, 9.17) is 0 Å². The van der Waals surface area contributed by atoms with Crippen molar-refractivity contribution < 1.29 is 4.57 Å². The highest BCUT2D eigenvalue weighted by Crippen LogP contribution is 2.43. The SMILES string of the molecule is CC(C)c1cc(C2CC2)ccc1P(C)(C)=O. The van der Waals surface area contributed by atoms with Gasteiger partial charge in [-0.2, -0.15) is 0 Å². The number of rotatable bonds is 3. The summed E-state index contributed by atoms with van der Waals surface area (Å²) in [4.78, 5) is 0.